The van der Waals surface area contributed by atoms with Crippen LogP contribution < -0.4 is 25.0 Å². The summed E-state index contributed by atoms with van der Waals surface area (Å²) < 4.78 is 15.2. The number of methoxy groups -OCH3 is 3. The minimum Gasteiger partial charge on any atom is -0.497 e. The highest BCUT2D eigenvalue weighted by molar-refractivity contribution is 6.53. The van der Waals surface area contributed by atoms with Crippen LogP contribution in [-0.4, -0.2) is 45.0 Å². The Labute approximate surface area is 222 Å². The van der Waals surface area contributed by atoms with E-state index in [2.05, 4.69) is 10.6 Å². The minimum atomic E-state index is -0.762. The maximum absolute atomic E-state index is 13.1. The predicted octanol–water partition coefficient (Wildman–Crippen LogP) is 4.18. The molecule has 3 aromatic carbocycles. The van der Waals surface area contributed by atoms with Gasteiger partial charge in [0.2, 0.25) is 0 Å². The van der Waals surface area contributed by atoms with E-state index in [1.54, 1.807) is 36.4 Å². The van der Waals surface area contributed by atoms with Gasteiger partial charge in [0.15, 0.2) is 0 Å². The molecular weight excluding hydrogens is 514 g/mol. The Morgan fingerprint density at radius 1 is 0.842 bits per heavy atom. The third kappa shape index (κ3) is 5.16. The summed E-state index contributed by atoms with van der Waals surface area (Å²) in [5.41, 5.74) is 1.19. The van der Waals surface area contributed by atoms with Crippen molar-refractivity contribution in [3.05, 3.63) is 88.6 Å². The van der Waals surface area contributed by atoms with Gasteiger partial charge in [-0.1, -0.05) is 23.7 Å². The van der Waals surface area contributed by atoms with E-state index in [1.807, 2.05) is 0 Å². The quantitative estimate of drug-likeness (QED) is 0.325. The predicted molar refractivity (Wildman–Crippen MR) is 141 cm³/mol. The number of halogens is 1. The molecule has 0 aliphatic carbocycles. The van der Waals surface area contributed by atoms with E-state index in [9.17, 15) is 19.2 Å². The first-order valence-corrected chi connectivity index (χ1v) is 11.5. The lowest BCUT2D eigenvalue weighted by molar-refractivity contribution is -0.120. The van der Waals surface area contributed by atoms with Gasteiger partial charge >= 0.3 is 5.97 Å². The molecule has 3 aromatic rings. The minimum absolute atomic E-state index is 0.152. The molecule has 0 saturated carbocycles. The summed E-state index contributed by atoms with van der Waals surface area (Å²) in [6.45, 7) is 0. The molecule has 0 saturated heterocycles. The molecule has 0 radical (unpaired) electrons. The molecule has 0 spiro atoms. The fraction of sp³-hybridized carbons (Fsp3) is 0.111. The van der Waals surface area contributed by atoms with Gasteiger partial charge < -0.3 is 24.8 Å². The first-order chi connectivity index (χ1) is 18.3. The molecule has 2 N–H and O–H groups in total. The average molecular weight is 536 g/mol. The third-order valence-electron chi connectivity index (χ3n) is 5.60. The van der Waals surface area contributed by atoms with E-state index in [-0.39, 0.29) is 27.5 Å². The van der Waals surface area contributed by atoms with Crippen LogP contribution in [0.1, 0.15) is 20.7 Å². The highest BCUT2D eigenvalue weighted by atomic mass is 35.5. The van der Waals surface area contributed by atoms with Crippen LogP contribution in [0.2, 0.25) is 0 Å². The molecule has 3 amide bonds. The molecule has 0 bridgehead atoms. The van der Waals surface area contributed by atoms with E-state index in [1.165, 1.54) is 51.7 Å². The molecule has 10 nitrogen and oxygen atoms in total. The molecule has 0 atom stereocenters. The Bertz CT molecular complexity index is 1480. The monoisotopic (exact) mass is 535 g/mol. The molecule has 1 aliphatic rings. The maximum Gasteiger partial charge on any atom is 0.337 e. The summed E-state index contributed by atoms with van der Waals surface area (Å²) in [7, 11) is 4.22. The van der Waals surface area contributed by atoms with Crippen molar-refractivity contribution >= 4 is 52.4 Å². The Balaban J connectivity index is 1.54. The molecule has 1 aliphatic heterocycles. The van der Waals surface area contributed by atoms with Crippen LogP contribution in [0.3, 0.4) is 0 Å². The number of rotatable bonds is 8. The molecular formula is C27H22ClN3O7. The van der Waals surface area contributed by atoms with E-state index in [0.29, 0.717) is 22.9 Å². The number of hydrogen-bond acceptors (Lipinski definition) is 8. The van der Waals surface area contributed by atoms with Crippen LogP contribution in [-0.2, 0) is 14.3 Å². The number of nitrogens with one attached hydrogen (secondary N) is 2. The van der Waals surface area contributed by atoms with Crippen molar-refractivity contribution in [3.63, 3.8) is 0 Å². The van der Waals surface area contributed by atoms with Gasteiger partial charge in [0.05, 0.1) is 38.3 Å². The first kappa shape index (κ1) is 26.2. The summed E-state index contributed by atoms with van der Waals surface area (Å²) in [6.07, 6.45) is 0. The number of benzene rings is 3. The van der Waals surface area contributed by atoms with Crippen LogP contribution in [0.15, 0.2) is 77.5 Å². The maximum atomic E-state index is 13.1. The molecule has 194 valence electrons. The SMILES string of the molecule is COC(=O)c1cccc(N2C(=O)C(Cl)=C(Nc3cccc(C(=O)Nc4ccc(OC)cc4OC)c3)C2=O)c1. The van der Waals surface area contributed by atoms with Crippen LogP contribution in [0.5, 0.6) is 11.5 Å². The average Bonchev–Trinajstić information content (AvgIpc) is 3.15. The molecule has 0 unspecified atom stereocenters. The zero-order chi connectivity index (χ0) is 27.4. The Hall–Kier alpha value is -4.83. The lowest BCUT2D eigenvalue weighted by Crippen LogP contribution is -2.32. The van der Waals surface area contributed by atoms with Gasteiger partial charge in [-0.25, -0.2) is 9.69 Å². The van der Waals surface area contributed by atoms with Gasteiger partial charge in [-0.05, 0) is 48.5 Å². The van der Waals surface area contributed by atoms with Gasteiger partial charge in [-0.2, -0.15) is 0 Å². The molecule has 1 heterocycles. The Morgan fingerprint density at radius 3 is 2.29 bits per heavy atom. The third-order valence-corrected chi connectivity index (χ3v) is 5.95. The normalized spacial score (nSPS) is 12.9. The number of amides is 3. The molecule has 0 aromatic heterocycles. The number of imide groups is 1. The summed E-state index contributed by atoms with van der Waals surface area (Å²) in [5, 5.41) is 5.27. The summed E-state index contributed by atoms with van der Waals surface area (Å²) in [4.78, 5) is 51.6. The Morgan fingerprint density at radius 2 is 1.58 bits per heavy atom. The van der Waals surface area contributed by atoms with Crippen LogP contribution in [0.25, 0.3) is 0 Å². The van der Waals surface area contributed by atoms with E-state index >= 15 is 0 Å². The van der Waals surface area contributed by atoms with E-state index in [4.69, 9.17) is 25.8 Å². The van der Waals surface area contributed by atoms with Gasteiger partial charge in [0, 0.05) is 17.3 Å². The number of ether oxygens (including phenoxy) is 3. The van der Waals surface area contributed by atoms with Crippen molar-refractivity contribution in [3.8, 4) is 11.5 Å². The fourth-order valence-corrected chi connectivity index (χ4v) is 3.93. The number of anilines is 3. The summed E-state index contributed by atoms with van der Waals surface area (Å²) in [5.74, 6) is -1.56. The van der Waals surface area contributed by atoms with Crippen molar-refractivity contribution in [1.82, 2.24) is 0 Å². The molecule has 4 rings (SSSR count). The van der Waals surface area contributed by atoms with Crippen LogP contribution in [0, 0.1) is 0 Å². The number of nitrogens with zero attached hydrogens (tertiary/aromatic N) is 1. The fourth-order valence-electron chi connectivity index (χ4n) is 3.71. The second kappa shape index (κ2) is 11.1. The molecule has 38 heavy (non-hydrogen) atoms. The van der Waals surface area contributed by atoms with Gasteiger partial charge in [-0.3, -0.25) is 14.4 Å². The van der Waals surface area contributed by atoms with Crippen molar-refractivity contribution in [2.24, 2.45) is 0 Å². The topological polar surface area (TPSA) is 123 Å². The van der Waals surface area contributed by atoms with Gasteiger partial charge in [0.25, 0.3) is 17.7 Å². The van der Waals surface area contributed by atoms with Crippen LogP contribution in [0.4, 0.5) is 17.1 Å². The second-order valence-corrected chi connectivity index (χ2v) is 8.28. The zero-order valence-corrected chi connectivity index (χ0v) is 21.3. The number of hydrogen-bond donors (Lipinski definition) is 2. The summed E-state index contributed by atoms with van der Waals surface area (Å²) >= 11 is 6.23. The summed E-state index contributed by atoms with van der Waals surface area (Å²) in [6, 6.07) is 17.1. The largest absolute Gasteiger partial charge is 0.497 e. The lowest BCUT2D eigenvalue weighted by Gasteiger charge is -2.16. The molecule has 0 fully saturated rings. The van der Waals surface area contributed by atoms with E-state index in [0.717, 1.165) is 4.90 Å². The highest BCUT2D eigenvalue weighted by Crippen LogP contribution is 2.32. The second-order valence-electron chi connectivity index (χ2n) is 7.90. The van der Waals surface area contributed by atoms with Gasteiger partial charge in [0.1, 0.15) is 22.2 Å². The first-order valence-electron chi connectivity index (χ1n) is 11.1. The zero-order valence-electron chi connectivity index (χ0n) is 20.5. The number of carbonyl (C=O) groups excluding carboxylic acids is 4. The van der Waals surface area contributed by atoms with Crippen molar-refractivity contribution in [2.75, 3.05) is 36.9 Å². The van der Waals surface area contributed by atoms with Crippen molar-refractivity contribution in [2.45, 2.75) is 0 Å². The van der Waals surface area contributed by atoms with Crippen molar-refractivity contribution in [1.29, 1.82) is 0 Å². The lowest BCUT2D eigenvalue weighted by atomic mass is 10.1. The smallest absolute Gasteiger partial charge is 0.337 e. The Kier molecular flexibility index (Phi) is 7.63. The highest BCUT2D eigenvalue weighted by Gasteiger charge is 2.39. The van der Waals surface area contributed by atoms with Crippen molar-refractivity contribution < 1.29 is 33.4 Å². The standard InChI is InChI=1S/C27H22ClN3O7/c1-36-19-10-11-20(21(14-19)37-2)30-24(32)15-6-4-8-17(12-15)29-23-22(28)25(33)31(26(23)34)18-9-5-7-16(13-18)27(35)38-3/h4-14,29H,1-3H3,(H,30,32). The molecule has 11 heteroatoms. The number of esters is 1. The van der Waals surface area contributed by atoms with Gasteiger partial charge in [-0.15, -0.1) is 0 Å². The van der Waals surface area contributed by atoms with E-state index < -0.39 is 23.7 Å². The van der Waals surface area contributed by atoms with Crippen LogP contribution >= 0.6 is 11.6 Å². The number of carbonyl (C=O) groups is 4.